The lowest BCUT2D eigenvalue weighted by Crippen LogP contribution is -2.21. The number of aromatic nitrogens is 1. The van der Waals surface area contributed by atoms with Crippen LogP contribution in [0.1, 0.15) is 37.4 Å². The van der Waals surface area contributed by atoms with Gasteiger partial charge in [0.05, 0.1) is 27.9 Å². The monoisotopic (exact) mass is 506 g/mol. The van der Waals surface area contributed by atoms with Gasteiger partial charge in [-0.05, 0) is 82.3 Å². The second-order valence-corrected chi connectivity index (χ2v) is 9.88. The summed E-state index contributed by atoms with van der Waals surface area (Å²) in [5.41, 5.74) is 3.39. The van der Waals surface area contributed by atoms with Gasteiger partial charge in [0.1, 0.15) is 9.71 Å². The molecule has 0 bridgehead atoms. The fraction of sp³-hybridized carbons (Fsp3) is 0.280. The van der Waals surface area contributed by atoms with Crippen molar-refractivity contribution in [3.8, 4) is 0 Å². The first-order chi connectivity index (χ1) is 16.9. The number of nitrogens with zero attached hydrogens (tertiary/aromatic N) is 6. The summed E-state index contributed by atoms with van der Waals surface area (Å²) in [6, 6.07) is 17.2. The highest BCUT2D eigenvalue weighted by molar-refractivity contribution is 7.29. The average molecular weight is 507 g/mol. The number of anilines is 1. The van der Waals surface area contributed by atoms with Crippen LogP contribution in [-0.4, -0.2) is 30.1 Å². The highest BCUT2D eigenvalue weighted by Gasteiger charge is 2.16. The summed E-state index contributed by atoms with van der Waals surface area (Å²) in [4.78, 5) is 20.1. The Bertz CT molecular complexity index is 1310. The van der Waals surface area contributed by atoms with E-state index >= 15 is 0 Å². The van der Waals surface area contributed by atoms with Gasteiger partial charge in [-0.2, -0.15) is 10.2 Å². The van der Waals surface area contributed by atoms with E-state index in [9.17, 15) is 4.79 Å². The first-order valence-electron chi connectivity index (χ1n) is 11.3. The summed E-state index contributed by atoms with van der Waals surface area (Å²) in [6.45, 7) is 9.87. The van der Waals surface area contributed by atoms with Crippen molar-refractivity contribution in [1.29, 1.82) is 0 Å². The minimum atomic E-state index is -0.327. The molecule has 0 spiro atoms. The third-order valence-electron chi connectivity index (χ3n) is 4.98. The van der Waals surface area contributed by atoms with Gasteiger partial charge in [0.25, 0.3) is 0 Å². The Labute approximate surface area is 212 Å². The standard InChI is InChI=1S/C25H26N6O2S2/c1-5-31(6-2)20-13-11-19(12-14-20)28-27-17-7-9-18(10-8-17)29-30-25-26-23-21(35-25)15-22(34-23)24(32)33-16(3)4/h7-16H,5-6H2,1-4H3. The maximum absolute atomic E-state index is 12.0. The molecule has 0 radical (unpaired) electrons. The molecule has 0 saturated carbocycles. The molecule has 0 fully saturated rings. The van der Waals surface area contributed by atoms with Crippen LogP contribution < -0.4 is 4.90 Å². The van der Waals surface area contributed by atoms with Gasteiger partial charge in [-0.25, -0.2) is 9.78 Å². The molecule has 0 saturated heterocycles. The summed E-state index contributed by atoms with van der Waals surface area (Å²) in [5.74, 6) is -0.327. The van der Waals surface area contributed by atoms with E-state index in [1.165, 1.54) is 28.4 Å². The summed E-state index contributed by atoms with van der Waals surface area (Å²) in [6.07, 6.45) is -0.156. The van der Waals surface area contributed by atoms with Gasteiger partial charge in [0, 0.05) is 18.8 Å². The van der Waals surface area contributed by atoms with E-state index < -0.39 is 0 Å². The summed E-state index contributed by atoms with van der Waals surface area (Å²) < 4.78 is 6.12. The highest BCUT2D eigenvalue weighted by Crippen LogP contribution is 2.35. The number of ether oxygens (including phenoxy) is 1. The van der Waals surface area contributed by atoms with Crippen LogP contribution >= 0.6 is 22.7 Å². The van der Waals surface area contributed by atoms with Crippen LogP contribution in [0.25, 0.3) is 9.53 Å². The quantitative estimate of drug-likeness (QED) is 0.168. The molecule has 0 N–H and O–H groups in total. The van der Waals surface area contributed by atoms with Crippen molar-refractivity contribution in [1.82, 2.24) is 4.98 Å². The molecule has 10 heteroatoms. The molecule has 35 heavy (non-hydrogen) atoms. The second-order valence-electron chi connectivity index (χ2n) is 7.84. The smallest absolute Gasteiger partial charge is 0.348 e. The van der Waals surface area contributed by atoms with E-state index in [1.807, 2.05) is 50.2 Å². The van der Waals surface area contributed by atoms with Gasteiger partial charge in [0.15, 0.2) is 0 Å². The molecule has 0 aliphatic carbocycles. The molecule has 0 aliphatic rings. The highest BCUT2D eigenvalue weighted by atomic mass is 32.1. The topological polar surface area (TPSA) is 91.9 Å². The van der Waals surface area contributed by atoms with Crippen molar-refractivity contribution in [3.63, 3.8) is 0 Å². The van der Waals surface area contributed by atoms with Crippen molar-refractivity contribution >= 4 is 66.1 Å². The minimum Gasteiger partial charge on any atom is -0.459 e. The van der Waals surface area contributed by atoms with Gasteiger partial charge in [-0.15, -0.1) is 21.6 Å². The third kappa shape index (κ3) is 6.34. The molecule has 2 aromatic heterocycles. The Morgan fingerprint density at radius 3 is 1.94 bits per heavy atom. The lowest BCUT2D eigenvalue weighted by Gasteiger charge is -2.20. The normalized spacial score (nSPS) is 11.8. The number of hydrogen-bond donors (Lipinski definition) is 0. The van der Waals surface area contributed by atoms with E-state index in [0.29, 0.717) is 15.7 Å². The van der Waals surface area contributed by atoms with Crippen LogP contribution in [0.3, 0.4) is 0 Å². The maximum Gasteiger partial charge on any atom is 0.348 e. The largest absolute Gasteiger partial charge is 0.459 e. The van der Waals surface area contributed by atoms with Crippen LogP contribution in [0, 0.1) is 0 Å². The number of azo groups is 2. The molecule has 8 nitrogen and oxygen atoms in total. The molecular weight excluding hydrogens is 480 g/mol. The number of hydrogen-bond acceptors (Lipinski definition) is 10. The SMILES string of the molecule is CCN(CC)c1ccc(N=Nc2ccc(N=Nc3nc4sc(C(=O)OC(C)C)cc4s3)cc2)cc1. The molecule has 4 aromatic rings. The number of thiophene rings is 1. The van der Waals surface area contributed by atoms with Gasteiger partial charge in [-0.1, -0.05) is 11.3 Å². The Hall–Kier alpha value is -3.50. The molecule has 2 heterocycles. The Balaban J connectivity index is 1.37. The molecule has 0 amide bonds. The molecule has 2 aromatic carbocycles. The van der Waals surface area contributed by atoms with E-state index in [2.05, 4.69) is 56.3 Å². The number of benzene rings is 2. The number of rotatable bonds is 9. The number of carbonyl (C=O) groups is 1. The van der Waals surface area contributed by atoms with Gasteiger partial charge in [-0.3, -0.25) is 0 Å². The maximum atomic E-state index is 12.0. The van der Waals surface area contributed by atoms with Crippen LogP contribution in [-0.2, 0) is 4.74 Å². The van der Waals surface area contributed by atoms with Crippen LogP contribution in [0.15, 0.2) is 75.1 Å². The Morgan fingerprint density at radius 1 is 0.886 bits per heavy atom. The van der Waals surface area contributed by atoms with Crippen molar-refractivity contribution in [2.45, 2.75) is 33.8 Å². The predicted molar refractivity (Wildman–Crippen MR) is 143 cm³/mol. The van der Waals surface area contributed by atoms with Gasteiger partial charge in [0.2, 0.25) is 5.13 Å². The summed E-state index contributed by atoms with van der Waals surface area (Å²) in [5, 5.41) is 17.6. The number of thiazole rings is 1. The molecule has 0 aliphatic heterocycles. The summed E-state index contributed by atoms with van der Waals surface area (Å²) >= 11 is 2.68. The van der Waals surface area contributed by atoms with E-state index in [0.717, 1.165) is 34.0 Å². The van der Waals surface area contributed by atoms with Crippen molar-refractivity contribution in [2.75, 3.05) is 18.0 Å². The van der Waals surface area contributed by atoms with Crippen LogP contribution in [0.2, 0.25) is 0 Å². The number of carbonyl (C=O) groups excluding carboxylic acids is 1. The molecule has 4 rings (SSSR count). The van der Waals surface area contributed by atoms with Crippen molar-refractivity contribution in [3.05, 3.63) is 59.5 Å². The first kappa shape index (κ1) is 24.6. The van der Waals surface area contributed by atoms with Crippen molar-refractivity contribution < 1.29 is 9.53 Å². The van der Waals surface area contributed by atoms with Crippen molar-refractivity contribution in [2.24, 2.45) is 20.5 Å². The number of esters is 1. The molecular formula is C25H26N6O2S2. The lowest BCUT2D eigenvalue weighted by atomic mass is 10.2. The minimum absolute atomic E-state index is 0.156. The van der Waals surface area contributed by atoms with E-state index in [-0.39, 0.29) is 12.1 Å². The van der Waals surface area contributed by atoms with Gasteiger partial charge >= 0.3 is 5.97 Å². The molecule has 0 unspecified atom stereocenters. The Kier molecular flexibility index (Phi) is 7.94. The molecule has 180 valence electrons. The number of fused-ring (bicyclic) bond motifs is 1. The lowest BCUT2D eigenvalue weighted by molar-refractivity contribution is 0.0384. The summed E-state index contributed by atoms with van der Waals surface area (Å²) in [7, 11) is 0. The van der Waals surface area contributed by atoms with E-state index in [4.69, 9.17) is 4.74 Å². The predicted octanol–water partition coefficient (Wildman–Crippen LogP) is 8.60. The first-order valence-corrected chi connectivity index (χ1v) is 13.0. The van der Waals surface area contributed by atoms with E-state index in [1.54, 1.807) is 6.07 Å². The Morgan fingerprint density at radius 2 is 1.43 bits per heavy atom. The van der Waals surface area contributed by atoms with Crippen LogP contribution in [0.5, 0.6) is 0 Å². The fourth-order valence-electron chi connectivity index (χ4n) is 3.26. The fourth-order valence-corrected chi connectivity index (χ4v) is 5.18. The average Bonchev–Trinajstić information content (AvgIpc) is 3.42. The zero-order valence-electron chi connectivity index (χ0n) is 20.0. The second kappa shape index (κ2) is 11.3. The molecule has 0 atom stereocenters. The third-order valence-corrected chi connectivity index (χ3v) is 7.01. The zero-order valence-corrected chi connectivity index (χ0v) is 21.6. The zero-order chi connectivity index (χ0) is 24.8. The van der Waals surface area contributed by atoms with Crippen LogP contribution in [0.4, 0.5) is 27.9 Å². The van der Waals surface area contributed by atoms with Gasteiger partial charge < -0.3 is 9.64 Å².